The van der Waals surface area contributed by atoms with Gasteiger partial charge in [-0.3, -0.25) is 0 Å². The van der Waals surface area contributed by atoms with E-state index in [1.54, 1.807) is 0 Å². The molecule has 0 aromatic heterocycles. The van der Waals surface area contributed by atoms with Crippen LogP contribution in [0.3, 0.4) is 0 Å². The molecule has 0 fully saturated rings. The third-order valence-corrected chi connectivity index (χ3v) is 7.24. The summed E-state index contributed by atoms with van der Waals surface area (Å²) in [7, 11) is -9.17. The maximum atomic E-state index is 9.72. The van der Waals surface area contributed by atoms with Crippen LogP contribution in [-0.2, 0) is 20.2 Å². The van der Waals surface area contributed by atoms with Gasteiger partial charge in [0.1, 0.15) is 11.4 Å². The molecular formula is C26H48N2O8S2. The number of rotatable bonds is 7. The molecule has 0 bridgehead atoms. The lowest BCUT2D eigenvalue weighted by atomic mass is 9.93. The molecule has 0 aliphatic heterocycles. The van der Waals surface area contributed by atoms with E-state index in [1.165, 1.54) is 33.6 Å². The van der Waals surface area contributed by atoms with Gasteiger partial charge < -0.3 is 31.5 Å². The Morgan fingerprint density at radius 1 is 0.553 bits per heavy atom. The van der Waals surface area contributed by atoms with Crippen molar-refractivity contribution in [1.29, 1.82) is 0 Å². The molecule has 38 heavy (non-hydrogen) atoms. The van der Waals surface area contributed by atoms with Crippen molar-refractivity contribution in [2.75, 3.05) is 11.5 Å². The summed E-state index contributed by atoms with van der Waals surface area (Å²) >= 11 is 0. The molecule has 0 saturated heterocycles. The molecule has 222 valence electrons. The second-order valence-electron chi connectivity index (χ2n) is 9.97. The van der Waals surface area contributed by atoms with Crippen LogP contribution in [0.5, 0.6) is 0 Å². The highest BCUT2D eigenvalue weighted by atomic mass is 32.2. The van der Waals surface area contributed by atoms with Gasteiger partial charge in [-0.25, -0.2) is 16.8 Å². The van der Waals surface area contributed by atoms with Crippen LogP contribution < -0.4 is 11.5 Å². The van der Waals surface area contributed by atoms with Gasteiger partial charge in [0, 0.05) is 22.3 Å². The van der Waals surface area contributed by atoms with E-state index >= 15 is 0 Å². The molecule has 12 heteroatoms. The number of benzene rings is 2. The third-order valence-electron chi connectivity index (χ3n) is 5.57. The molecule has 0 radical (unpaired) electrons. The highest BCUT2D eigenvalue weighted by molar-refractivity contribution is 7.89. The smallest absolute Gasteiger partial charge is 0.134 e. The maximum absolute atomic E-state index is 9.72. The van der Waals surface area contributed by atoms with Crippen molar-refractivity contribution in [2.24, 2.45) is 0 Å². The lowest BCUT2D eigenvalue weighted by Gasteiger charge is -2.12. The van der Waals surface area contributed by atoms with Crippen LogP contribution in [-0.4, -0.2) is 48.4 Å². The van der Waals surface area contributed by atoms with Crippen LogP contribution in [0.1, 0.15) is 101 Å². The van der Waals surface area contributed by atoms with E-state index in [-0.39, 0.29) is 11.0 Å². The summed E-state index contributed by atoms with van der Waals surface area (Å²) in [5.41, 5.74) is 16.3. The minimum absolute atomic E-state index is 0. The Hall–Kier alpha value is -1.90. The van der Waals surface area contributed by atoms with Gasteiger partial charge >= 0.3 is 0 Å². The first-order valence-corrected chi connectivity index (χ1v) is 15.2. The van der Waals surface area contributed by atoms with Gasteiger partial charge in [-0.15, -0.1) is 0 Å². The Labute approximate surface area is 229 Å². The van der Waals surface area contributed by atoms with Crippen molar-refractivity contribution in [2.45, 2.75) is 79.1 Å². The molecule has 0 atom stereocenters. The topological polar surface area (TPSA) is 233 Å². The number of hydrogen-bond acceptors (Lipinski definition) is 6. The van der Waals surface area contributed by atoms with E-state index in [9.17, 15) is 25.9 Å². The van der Waals surface area contributed by atoms with Crippen molar-refractivity contribution in [3.8, 4) is 0 Å². The Balaban J connectivity index is -0.000000476. The lowest BCUT2D eigenvalue weighted by Crippen LogP contribution is -2.43. The van der Waals surface area contributed by atoms with Crippen molar-refractivity contribution in [1.82, 2.24) is 0 Å². The minimum Gasteiger partial charge on any atom is -0.748 e. The molecule has 2 aromatic rings. The highest BCUT2D eigenvalue weighted by Crippen LogP contribution is 2.29. The van der Waals surface area contributed by atoms with Gasteiger partial charge in [0.05, 0.1) is 31.7 Å². The van der Waals surface area contributed by atoms with Gasteiger partial charge in [0.15, 0.2) is 0 Å². The fraction of sp³-hybridized carbons (Fsp3) is 0.538. The molecule has 10 nitrogen and oxygen atoms in total. The first-order chi connectivity index (χ1) is 16.3. The lowest BCUT2D eigenvalue weighted by molar-refractivity contribution is -0.257. The van der Waals surface area contributed by atoms with Crippen LogP contribution in [0.25, 0.3) is 0 Å². The van der Waals surface area contributed by atoms with E-state index in [4.69, 9.17) is 0 Å². The van der Waals surface area contributed by atoms with Gasteiger partial charge in [0.2, 0.25) is 0 Å². The normalized spacial score (nSPS) is 11.3. The average molecular weight is 581 g/mol. The van der Waals surface area contributed by atoms with Crippen molar-refractivity contribution in [3.05, 3.63) is 58.7 Å². The Bertz CT molecular complexity index is 1030. The Morgan fingerprint density at radius 3 is 0.868 bits per heavy atom. The fourth-order valence-electron chi connectivity index (χ4n) is 3.61. The summed E-state index contributed by atoms with van der Waals surface area (Å²) in [6, 6.07) is 13.0. The predicted molar refractivity (Wildman–Crippen MR) is 151 cm³/mol. The maximum Gasteiger partial charge on any atom is 0.134 e. The zero-order valence-corrected chi connectivity index (χ0v) is 25.5. The molecular weight excluding hydrogens is 532 g/mol. The predicted octanol–water partition coefficient (Wildman–Crippen LogP) is 2.04. The second kappa shape index (κ2) is 17.6. The van der Waals surface area contributed by atoms with Crippen LogP contribution in [0.2, 0.25) is 0 Å². The van der Waals surface area contributed by atoms with Crippen molar-refractivity contribution in [3.63, 3.8) is 0 Å². The number of hydrogen-bond donors (Lipinski definition) is 2. The summed E-state index contributed by atoms with van der Waals surface area (Å²) in [5, 5.41) is 0. The van der Waals surface area contributed by atoms with Crippen LogP contribution in [0.15, 0.2) is 36.4 Å². The van der Waals surface area contributed by atoms with Crippen molar-refractivity contribution >= 4 is 31.6 Å². The second-order valence-corrected chi connectivity index (χ2v) is 13.0. The van der Waals surface area contributed by atoms with Gasteiger partial charge in [-0.2, -0.15) is 0 Å². The summed E-state index contributed by atoms with van der Waals surface area (Å²) in [6.45, 7) is 17.7. The fourth-order valence-corrected chi connectivity index (χ4v) is 5.25. The molecule has 0 amide bonds. The Morgan fingerprint density at radius 2 is 0.737 bits per heavy atom. The van der Waals surface area contributed by atoms with Gasteiger partial charge in [-0.1, -0.05) is 91.8 Å². The number of quaternary nitrogens is 2. The van der Waals surface area contributed by atoms with Gasteiger partial charge in [-0.05, 0) is 23.7 Å². The molecule has 2 rings (SSSR count). The molecule has 0 aliphatic carbocycles. The minimum atomic E-state index is -4.59. The Kier molecular flexibility index (Phi) is 18.8. The third kappa shape index (κ3) is 15.5. The van der Waals surface area contributed by atoms with E-state index in [2.05, 4.69) is 103 Å². The highest BCUT2D eigenvalue weighted by Gasteiger charge is 2.14. The SMILES string of the molecule is CC(C)c1cccc(C(C)C)c1[NH3+].CC(C)c1cccc(C(C)C)c1[NH3+].O.O.O=S(=O)([O-])CCS(=O)(=O)[O-]. The van der Waals surface area contributed by atoms with Gasteiger partial charge in [0.25, 0.3) is 0 Å². The molecule has 10 N–H and O–H groups in total. The van der Waals surface area contributed by atoms with E-state index < -0.39 is 31.7 Å². The molecule has 2 aromatic carbocycles. The summed E-state index contributed by atoms with van der Waals surface area (Å²) in [4.78, 5) is 0. The first-order valence-electron chi connectivity index (χ1n) is 12.0. The summed E-state index contributed by atoms with van der Waals surface area (Å²) in [6.07, 6.45) is 0. The molecule has 0 saturated carbocycles. The first kappa shape index (κ1) is 40.6. The van der Waals surface area contributed by atoms with Crippen molar-refractivity contribution < 1.29 is 48.4 Å². The quantitative estimate of drug-likeness (QED) is 0.464. The molecule has 0 aliphatic rings. The summed E-state index contributed by atoms with van der Waals surface area (Å²) in [5.74, 6) is -0.00713. The summed E-state index contributed by atoms with van der Waals surface area (Å²) < 4.78 is 58.3. The molecule has 0 heterocycles. The average Bonchev–Trinajstić information content (AvgIpc) is 2.72. The molecule has 0 unspecified atom stereocenters. The monoisotopic (exact) mass is 580 g/mol. The largest absolute Gasteiger partial charge is 0.748 e. The van der Waals surface area contributed by atoms with Crippen LogP contribution >= 0.6 is 0 Å². The zero-order valence-electron chi connectivity index (χ0n) is 23.9. The van der Waals surface area contributed by atoms with E-state index in [0.29, 0.717) is 23.7 Å². The van der Waals surface area contributed by atoms with Crippen LogP contribution in [0, 0.1) is 0 Å². The van der Waals surface area contributed by atoms with Crippen LogP contribution in [0.4, 0.5) is 11.4 Å². The van der Waals surface area contributed by atoms with E-state index in [0.717, 1.165) is 0 Å². The zero-order chi connectivity index (χ0) is 28.4. The standard InChI is InChI=1S/2C12H19N.C2H6O6S2.2H2O/c2*1-8(2)10-6-5-7-11(9(3)4)12(10)13;3-9(4,5)1-2-10(6,7)8;;/h2*5-9H,13H2,1-4H3;1-2H2,(H,3,4,5)(H,6,7,8);2*1H2. The van der Waals surface area contributed by atoms with E-state index in [1.807, 2.05) is 0 Å². The molecule has 0 spiro atoms.